The summed E-state index contributed by atoms with van der Waals surface area (Å²) in [5.74, 6) is -0.235. The van der Waals surface area contributed by atoms with Gasteiger partial charge in [0.25, 0.3) is 5.91 Å². The molecule has 0 bridgehead atoms. The zero-order chi connectivity index (χ0) is 16.5. The first kappa shape index (κ1) is 18.1. The second-order valence-electron chi connectivity index (χ2n) is 5.38. The topological polar surface area (TPSA) is 79.5 Å². The predicted octanol–water partition coefficient (Wildman–Crippen LogP) is 1.31. The number of amides is 2. The molecular formula is C16H25N3O3. The van der Waals surface area contributed by atoms with E-state index in [1.54, 1.807) is 25.3 Å². The standard InChI is InChI=1S/C16H25N3O3/c1-11(2)18-16(21)14-6-5-13(9-12(14)3)19-15(20)10-17-7-8-22-4/h5-6,9,11,17H,7-8,10H2,1-4H3,(H,18,21)(H,19,20). The lowest BCUT2D eigenvalue weighted by atomic mass is 10.1. The molecule has 1 aromatic carbocycles. The molecule has 3 N–H and O–H groups in total. The van der Waals surface area contributed by atoms with Crippen molar-refractivity contribution in [1.82, 2.24) is 10.6 Å². The second kappa shape index (κ2) is 9.17. The molecule has 22 heavy (non-hydrogen) atoms. The fourth-order valence-corrected chi connectivity index (χ4v) is 1.92. The Hall–Kier alpha value is -1.92. The molecule has 0 aliphatic rings. The van der Waals surface area contributed by atoms with E-state index in [4.69, 9.17) is 4.74 Å². The summed E-state index contributed by atoms with van der Waals surface area (Å²) in [7, 11) is 1.61. The van der Waals surface area contributed by atoms with Crippen LogP contribution in [0.1, 0.15) is 29.8 Å². The number of nitrogens with one attached hydrogen (secondary N) is 3. The number of carbonyl (C=O) groups is 2. The average Bonchev–Trinajstić information content (AvgIpc) is 2.43. The Morgan fingerprint density at radius 3 is 2.59 bits per heavy atom. The summed E-state index contributed by atoms with van der Waals surface area (Å²) in [6, 6.07) is 5.34. The maximum atomic E-state index is 12.0. The molecular weight excluding hydrogens is 282 g/mol. The van der Waals surface area contributed by atoms with Gasteiger partial charge >= 0.3 is 0 Å². The number of hydrogen-bond acceptors (Lipinski definition) is 4. The van der Waals surface area contributed by atoms with E-state index in [9.17, 15) is 9.59 Å². The molecule has 0 spiro atoms. The van der Waals surface area contributed by atoms with E-state index in [0.29, 0.717) is 24.4 Å². The molecule has 2 amide bonds. The van der Waals surface area contributed by atoms with Crippen molar-refractivity contribution in [2.24, 2.45) is 0 Å². The van der Waals surface area contributed by atoms with Gasteiger partial charge in [-0.1, -0.05) is 0 Å². The highest BCUT2D eigenvalue weighted by molar-refractivity contribution is 5.97. The molecule has 0 saturated carbocycles. The molecule has 1 rings (SSSR count). The molecule has 0 saturated heterocycles. The lowest BCUT2D eigenvalue weighted by Crippen LogP contribution is -2.31. The molecule has 6 heteroatoms. The summed E-state index contributed by atoms with van der Waals surface area (Å²) in [6.07, 6.45) is 0. The summed E-state index contributed by atoms with van der Waals surface area (Å²) in [5, 5.41) is 8.62. The minimum atomic E-state index is -0.130. The van der Waals surface area contributed by atoms with Crippen LogP contribution in [-0.4, -0.2) is 44.7 Å². The minimum Gasteiger partial charge on any atom is -0.383 e. The molecule has 6 nitrogen and oxygen atoms in total. The molecule has 0 aliphatic heterocycles. The fourth-order valence-electron chi connectivity index (χ4n) is 1.92. The highest BCUT2D eigenvalue weighted by Gasteiger charge is 2.11. The van der Waals surface area contributed by atoms with Crippen LogP contribution in [0.2, 0.25) is 0 Å². The third kappa shape index (κ3) is 6.24. The Morgan fingerprint density at radius 2 is 2.00 bits per heavy atom. The van der Waals surface area contributed by atoms with Crippen molar-refractivity contribution >= 4 is 17.5 Å². The van der Waals surface area contributed by atoms with Gasteiger partial charge in [0, 0.05) is 30.9 Å². The SMILES string of the molecule is COCCNCC(=O)Nc1ccc(C(=O)NC(C)C)c(C)c1. The van der Waals surface area contributed by atoms with Gasteiger partial charge in [-0.25, -0.2) is 0 Å². The third-order valence-electron chi connectivity index (χ3n) is 2.94. The maximum absolute atomic E-state index is 12.0. The average molecular weight is 307 g/mol. The largest absolute Gasteiger partial charge is 0.383 e. The molecule has 0 fully saturated rings. The Kier molecular flexibility index (Phi) is 7.56. The Bertz CT molecular complexity index is 515. The van der Waals surface area contributed by atoms with Crippen LogP contribution >= 0.6 is 0 Å². The minimum absolute atomic E-state index is 0.0875. The number of hydrogen-bond donors (Lipinski definition) is 3. The molecule has 0 atom stereocenters. The van der Waals surface area contributed by atoms with Crippen molar-refractivity contribution < 1.29 is 14.3 Å². The number of ether oxygens (including phenoxy) is 1. The molecule has 0 radical (unpaired) electrons. The van der Waals surface area contributed by atoms with Crippen molar-refractivity contribution in [3.8, 4) is 0 Å². The summed E-state index contributed by atoms with van der Waals surface area (Å²) in [6.45, 7) is 7.08. The van der Waals surface area contributed by atoms with Gasteiger partial charge in [0.2, 0.25) is 5.91 Å². The van der Waals surface area contributed by atoms with Gasteiger partial charge in [0.15, 0.2) is 0 Å². The first-order valence-electron chi connectivity index (χ1n) is 7.35. The zero-order valence-electron chi connectivity index (χ0n) is 13.7. The summed E-state index contributed by atoms with van der Waals surface area (Å²) in [5.41, 5.74) is 2.12. The van der Waals surface area contributed by atoms with Crippen LogP contribution in [0, 0.1) is 6.92 Å². The van der Waals surface area contributed by atoms with Crippen molar-refractivity contribution in [3.05, 3.63) is 29.3 Å². The van der Waals surface area contributed by atoms with Crippen molar-refractivity contribution in [2.45, 2.75) is 26.8 Å². The number of benzene rings is 1. The van der Waals surface area contributed by atoms with Gasteiger partial charge in [0.05, 0.1) is 13.2 Å². The maximum Gasteiger partial charge on any atom is 0.251 e. The monoisotopic (exact) mass is 307 g/mol. The molecule has 0 heterocycles. The van der Waals surface area contributed by atoms with E-state index >= 15 is 0 Å². The first-order valence-corrected chi connectivity index (χ1v) is 7.35. The Morgan fingerprint density at radius 1 is 1.27 bits per heavy atom. The van der Waals surface area contributed by atoms with Crippen LogP contribution in [0.15, 0.2) is 18.2 Å². The molecule has 0 aliphatic carbocycles. The molecule has 1 aromatic rings. The van der Waals surface area contributed by atoms with Crippen molar-refractivity contribution in [1.29, 1.82) is 0 Å². The van der Waals surface area contributed by atoms with E-state index in [0.717, 1.165) is 5.56 Å². The van der Waals surface area contributed by atoms with Gasteiger partial charge in [-0.2, -0.15) is 0 Å². The number of aryl methyl sites for hydroxylation is 1. The lowest BCUT2D eigenvalue weighted by molar-refractivity contribution is -0.115. The lowest BCUT2D eigenvalue weighted by Gasteiger charge is -2.12. The summed E-state index contributed by atoms with van der Waals surface area (Å²) in [4.78, 5) is 23.7. The number of anilines is 1. The highest BCUT2D eigenvalue weighted by Crippen LogP contribution is 2.15. The van der Waals surface area contributed by atoms with Crippen LogP contribution in [-0.2, 0) is 9.53 Å². The number of methoxy groups -OCH3 is 1. The van der Waals surface area contributed by atoms with Gasteiger partial charge < -0.3 is 20.7 Å². The van der Waals surface area contributed by atoms with Gasteiger partial charge in [-0.3, -0.25) is 9.59 Å². The fraction of sp³-hybridized carbons (Fsp3) is 0.500. The third-order valence-corrected chi connectivity index (χ3v) is 2.94. The van der Waals surface area contributed by atoms with Crippen molar-refractivity contribution in [2.75, 3.05) is 32.1 Å². The van der Waals surface area contributed by atoms with Gasteiger partial charge in [-0.05, 0) is 44.5 Å². The van der Waals surface area contributed by atoms with Gasteiger partial charge in [-0.15, -0.1) is 0 Å². The first-order chi connectivity index (χ1) is 10.4. The van der Waals surface area contributed by atoms with Gasteiger partial charge in [0.1, 0.15) is 0 Å². The Labute approximate surface area is 131 Å². The van der Waals surface area contributed by atoms with E-state index < -0.39 is 0 Å². The van der Waals surface area contributed by atoms with Crippen LogP contribution in [0.3, 0.4) is 0 Å². The number of carbonyl (C=O) groups excluding carboxylic acids is 2. The highest BCUT2D eigenvalue weighted by atomic mass is 16.5. The van der Waals surface area contributed by atoms with E-state index in [-0.39, 0.29) is 24.4 Å². The van der Waals surface area contributed by atoms with E-state index in [1.165, 1.54) is 0 Å². The smallest absolute Gasteiger partial charge is 0.251 e. The zero-order valence-corrected chi connectivity index (χ0v) is 13.7. The van der Waals surface area contributed by atoms with E-state index in [2.05, 4.69) is 16.0 Å². The quantitative estimate of drug-likeness (QED) is 0.633. The van der Waals surface area contributed by atoms with Crippen LogP contribution in [0.5, 0.6) is 0 Å². The second-order valence-corrected chi connectivity index (χ2v) is 5.38. The summed E-state index contributed by atoms with van der Waals surface area (Å²) >= 11 is 0. The van der Waals surface area contributed by atoms with Crippen LogP contribution in [0.4, 0.5) is 5.69 Å². The van der Waals surface area contributed by atoms with Crippen LogP contribution < -0.4 is 16.0 Å². The molecule has 122 valence electrons. The van der Waals surface area contributed by atoms with Crippen molar-refractivity contribution in [3.63, 3.8) is 0 Å². The Balaban J connectivity index is 2.58. The normalized spacial score (nSPS) is 10.6. The number of rotatable bonds is 8. The van der Waals surface area contributed by atoms with Crippen LogP contribution in [0.25, 0.3) is 0 Å². The van der Waals surface area contributed by atoms with E-state index in [1.807, 2.05) is 20.8 Å². The summed E-state index contributed by atoms with van der Waals surface area (Å²) < 4.78 is 4.89. The predicted molar refractivity (Wildman–Crippen MR) is 87.2 cm³/mol. The molecule has 0 aromatic heterocycles. The molecule has 0 unspecified atom stereocenters.